The molecule has 0 bridgehead atoms. The smallest absolute Gasteiger partial charge is 0.311 e. The lowest BCUT2D eigenvalue weighted by Crippen LogP contribution is -2.29. The fraction of sp³-hybridized carbons (Fsp3) is 0.192. The highest BCUT2D eigenvalue weighted by molar-refractivity contribution is 9.10. The van der Waals surface area contributed by atoms with Crippen molar-refractivity contribution in [2.45, 2.75) is 32.8 Å². The molecule has 0 saturated heterocycles. The lowest BCUT2D eigenvalue weighted by molar-refractivity contribution is -0.385. The third-order valence-corrected chi connectivity index (χ3v) is 5.73. The Hall–Kier alpha value is -3.85. The van der Waals surface area contributed by atoms with E-state index in [1.54, 1.807) is 24.3 Å². The van der Waals surface area contributed by atoms with Gasteiger partial charge in [-0.25, -0.2) is 4.98 Å². The number of ether oxygens (including phenoxy) is 1. The number of aromatic nitrogens is 2. The van der Waals surface area contributed by atoms with Crippen LogP contribution in [-0.2, 0) is 12.0 Å². The van der Waals surface area contributed by atoms with Gasteiger partial charge in [0.15, 0.2) is 0 Å². The molecule has 0 radical (unpaired) electrons. The average Bonchev–Trinajstić information content (AvgIpc) is 2.82. The van der Waals surface area contributed by atoms with Crippen LogP contribution in [0.5, 0.6) is 5.75 Å². The molecule has 0 spiro atoms. The minimum Gasteiger partial charge on any atom is -0.481 e. The second-order valence-corrected chi connectivity index (χ2v) is 9.85. The maximum absolute atomic E-state index is 13.4. The van der Waals surface area contributed by atoms with Crippen molar-refractivity contribution in [2.75, 3.05) is 0 Å². The fourth-order valence-corrected chi connectivity index (χ4v) is 3.90. The molecule has 0 amide bonds. The molecule has 178 valence electrons. The van der Waals surface area contributed by atoms with E-state index in [0.717, 1.165) is 10.0 Å². The number of hydrogen-bond acceptors (Lipinski definition) is 6. The summed E-state index contributed by atoms with van der Waals surface area (Å²) < 4.78 is 7.87. The summed E-state index contributed by atoms with van der Waals surface area (Å²) in [6.45, 7) is 5.96. The van der Waals surface area contributed by atoms with Crippen molar-refractivity contribution in [3.8, 4) is 5.75 Å². The molecular weight excluding hydrogens is 512 g/mol. The second kappa shape index (κ2) is 9.79. The Balaban J connectivity index is 1.83. The molecule has 0 N–H and O–H groups in total. The molecule has 0 fully saturated rings. The molecule has 0 saturated carbocycles. The van der Waals surface area contributed by atoms with Crippen LogP contribution >= 0.6 is 15.9 Å². The maximum atomic E-state index is 13.4. The minimum absolute atomic E-state index is 0.0759. The van der Waals surface area contributed by atoms with Crippen molar-refractivity contribution in [3.63, 3.8) is 0 Å². The zero-order chi connectivity index (χ0) is 25.2. The fourth-order valence-electron chi connectivity index (χ4n) is 3.54. The van der Waals surface area contributed by atoms with E-state index in [2.05, 4.69) is 21.0 Å². The van der Waals surface area contributed by atoms with E-state index in [1.165, 1.54) is 17.0 Å². The standard InChI is InChI=1S/C26H23BrN4O4/c1-26(2,3)25-29-21-13-12-19(27)14-20(21)24(32)30(25)28-15-18-10-7-11-22(31(33)34)23(18)35-16-17-8-5-4-6-9-17/h4-15H,16H2,1-3H3. The van der Waals surface area contributed by atoms with Gasteiger partial charge >= 0.3 is 5.69 Å². The van der Waals surface area contributed by atoms with Crippen molar-refractivity contribution in [3.05, 3.63) is 109 Å². The number of halogens is 1. The van der Waals surface area contributed by atoms with Crippen molar-refractivity contribution >= 4 is 38.7 Å². The van der Waals surface area contributed by atoms with Crippen LogP contribution in [-0.4, -0.2) is 20.8 Å². The number of nitrogens with zero attached hydrogens (tertiary/aromatic N) is 4. The number of nitro groups is 1. The van der Waals surface area contributed by atoms with Crippen LogP contribution in [0, 0.1) is 10.1 Å². The first-order valence-corrected chi connectivity index (χ1v) is 11.7. The number of benzene rings is 3. The third-order valence-electron chi connectivity index (χ3n) is 5.24. The molecule has 0 aliphatic heterocycles. The van der Waals surface area contributed by atoms with Crippen LogP contribution in [0.15, 0.2) is 81.1 Å². The van der Waals surface area contributed by atoms with Gasteiger partial charge in [-0.05, 0) is 29.8 Å². The summed E-state index contributed by atoms with van der Waals surface area (Å²) in [5.41, 5.74) is 0.785. The Bertz CT molecular complexity index is 1490. The summed E-state index contributed by atoms with van der Waals surface area (Å²) in [4.78, 5) is 29.3. The van der Waals surface area contributed by atoms with Crippen LogP contribution < -0.4 is 10.3 Å². The highest BCUT2D eigenvalue weighted by Crippen LogP contribution is 2.31. The zero-order valence-corrected chi connectivity index (χ0v) is 21.0. The minimum atomic E-state index is -0.500. The van der Waals surface area contributed by atoms with E-state index in [0.29, 0.717) is 22.3 Å². The van der Waals surface area contributed by atoms with Crippen LogP contribution in [0.2, 0.25) is 0 Å². The molecule has 9 heteroatoms. The van der Waals surface area contributed by atoms with Gasteiger partial charge in [0.1, 0.15) is 12.4 Å². The topological polar surface area (TPSA) is 99.6 Å². The highest BCUT2D eigenvalue weighted by Gasteiger charge is 2.23. The van der Waals surface area contributed by atoms with Gasteiger partial charge in [-0.15, -0.1) is 0 Å². The largest absolute Gasteiger partial charge is 0.481 e. The lowest BCUT2D eigenvalue weighted by atomic mass is 9.95. The first kappa shape index (κ1) is 24.3. The quantitative estimate of drug-likeness (QED) is 0.176. The summed E-state index contributed by atoms with van der Waals surface area (Å²) in [5.74, 6) is 0.540. The second-order valence-electron chi connectivity index (χ2n) is 8.94. The van der Waals surface area contributed by atoms with Crippen LogP contribution in [0.1, 0.15) is 37.7 Å². The lowest BCUT2D eigenvalue weighted by Gasteiger charge is -2.21. The zero-order valence-electron chi connectivity index (χ0n) is 19.4. The van der Waals surface area contributed by atoms with E-state index >= 15 is 0 Å². The average molecular weight is 535 g/mol. The summed E-state index contributed by atoms with van der Waals surface area (Å²) in [5, 5.41) is 16.5. The monoisotopic (exact) mass is 534 g/mol. The van der Waals surface area contributed by atoms with E-state index in [4.69, 9.17) is 9.72 Å². The van der Waals surface area contributed by atoms with Crippen LogP contribution in [0.3, 0.4) is 0 Å². The Labute approximate surface area is 210 Å². The molecule has 0 atom stereocenters. The Morgan fingerprint density at radius 2 is 1.86 bits per heavy atom. The molecule has 0 aliphatic rings. The van der Waals surface area contributed by atoms with Gasteiger partial charge in [0.2, 0.25) is 5.75 Å². The van der Waals surface area contributed by atoms with E-state index in [-0.39, 0.29) is 23.6 Å². The molecule has 4 aromatic rings. The van der Waals surface area contributed by atoms with Gasteiger partial charge in [-0.3, -0.25) is 14.9 Å². The number of para-hydroxylation sites is 1. The van der Waals surface area contributed by atoms with Gasteiger partial charge in [0.25, 0.3) is 5.56 Å². The number of nitro benzene ring substituents is 1. The molecule has 1 aromatic heterocycles. The van der Waals surface area contributed by atoms with Crippen molar-refractivity contribution in [1.29, 1.82) is 0 Å². The molecule has 0 unspecified atom stereocenters. The molecule has 0 aliphatic carbocycles. The van der Waals surface area contributed by atoms with Gasteiger partial charge in [-0.1, -0.05) is 73.1 Å². The summed E-state index contributed by atoms with van der Waals surface area (Å²) in [7, 11) is 0. The van der Waals surface area contributed by atoms with Crippen molar-refractivity contribution in [2.24, 2.45) is 5.10 Å². The predicted molar refractivity (Wildman–Crippen MR) is 139 cm³/mol. The molecule has 4 rings (SSSR count). The van der Waals surface area contributed by atoms with Gasteiger partial charge in [-0.2, -0.15) is 9.78 Å². The Morgan fingerprint density at radius 3 is 2.54 bits per heavy atom. The molecular formula is C26H23BrN4O4. The molecule has 3 aromatic carbocycles. The van der Waals surface area contributed by atoms with E-state index in [9.17, 15) is 14.9 Å². The van der Waals surface area contributed by atoms with Gasteiger partial charge in [0.05, 0.1) is 22.0 Å². The number of fused-ring (bicyclic) bond motifs is 1. The van der Waals surface area contributed by atoms with E-state index < -0.39 is 10.3 Å². The Morgan fingerprint density at radius 1 is 1.11 bits per heavy atom. The predicted octanol–water partition coefficient (Wildman–Crippen LogP) is 5.83. The van der Waals surface area contributed by atoms with E-state index in [1.807, 2.05) is 57.2 Å². The van der Waals surface area contributed by atoms with Gasteiger partial charge in [0, 0.05) is 21.5 Å². The SMILES string of the molecule is CC(C)(C)c1nc2ccc(Br)cc2c(=O)n1N=Cc1cccc([N+](=O)[O-])c1OCc1ccccc1. The summed E-state index contributed by atoms with van der Waals surface area (Å²) >= 11 is 3.40. The highest BCUT2D eigenvalue weighted by atomic mass is 79.9. The molecule has 8 nitrogen and oxygen atoms in total. The van der Waals surface area contributed by atoms with Crippen molar-refractivity contribution < 1.29 is 9.66 Å². The summed E-state index contributed by atoms with van der Waals surface area (Å²) in [6, 6.07) is 19.2. The molecule has 35 heavy (non-hydrogen) atoms. The first-order valence-electron chi connectivity index (χ1n) is 10.9. The normalized spacial score (nSPS) is 11.8. The first-order chi connectivity index (χ1) is 16.6. The van der Waals surface area contributed by atoms with Gasteiger partial charge < -0.3 is 4.74 Å². The maximum Gasteiger partial charge on any atom is 0.311 e. The number of hydrogen-bond donors (Lipinski definition) is 0. The number of rotatable bonds is 6. The summed E-state index contributed by atoms with van der Waals surface area (Å²) in [6.07, 6.45) is 1.40. The molecule has 1 heterocycles. The van der Waals surface area contributed by atoms with Crippen LogP contribution in [0.4, 0.5) is 5.69 Å². The Kier molecular flexibility index (Phi) is 6.79. The van der Waals surface area contributed by atoms with Crippen molar-refractivity contribution in [1.82, 2.24) is 9.66 Å². The van der Waals surface area contributed by atoms with Crippen LogP contribution in [0.25, 0.3) is 10.9 Å². The third kappa shape index (κ3) is 5.30.